The molecular weight excluding hydrogens is 438 g/mol. The maximum absolute atomic E-state index is 13.2. The van der Waals surface area contributed by atoms with Crippen LogP contribution in [0.2, 0.25) is 0 Å². The smallest absolute Gasteiger partial charge is 0.246 e. The molecule has 0 atom stereocenters. The fraction of sp³-hybridized carbons (Fsp3) is 0.550. The molecular formula is C20H27N5O4S2. The Bertz CT molecular complexity index is 1030. The molecule has 0 unspecified atom stereocenters. The zero-order chi connectivity index (χ0) is 21.8. The normalized spacial score (nSPS) is 17.5. The van der Waals surface area contributed by atoms with Gasteiger partial charge in [0, 0.05) is 24.8 Å². The molecule has 11 heteroatoms. The van der Waals surface area contributed by atoms with Crippen molar-refractivity contribution in [2.75, 3.05) is 30.8 Å². The van der Waals surface area contributed by atoms with Crippen molar-refractivity contribution in [3.63, 3.8) is 0 Å². The zero-order valence-corrected chi connectivity index (χ0v) is 19.1. The highest BCUT2D eigenvalue weighted by Gasteiger charge is 2.30. The van der Waals surface area contributed by atoms with E-state index < -0.39 is 10.0 Å². The van der Waals surface area contributed by atoms with Gasteiger partial charge in [-0.1, -0.05) is 18.2 Å². The van der Waals surface area contributed by atoms with Gasteiger partial charge < -0.3 is 14.6 Å². The number of nitrogens with one attached hydrogen (secondary N) is 1. The van der Waals surface area contributed by atoms with Crippen LogP contribution in [0, 0.1) is 0 Å². The van der Waals surface area contributed by atoms with Gasteiger partial charge >= 0.3 is 0 Å². The average molecular weight is 466 g/mol. The number of ether oxygens (including phenoxy) is 1. The molecule has 0 radical (unpaired) electrons. The van der Waals surface area contributed by atoms with Crippen molar-refractivity contribution < 1.29 is 17.9 Å². The number of hydrogen-bond donors (Lipinski definition) is 1. The molecule has 2 aromatic rings. The first-order valence-electron chi connectivity index (χ1n) is 10.6. The first kappa shape index (κ1) is 22.1. The van der Waals surface area contributed by atoms with E-state index in [9.17, 15) is 13.2 Å². The van der Waals surface area contributed by atoms with E-state index in [0.29, 0.717) is 37.2 Å². The molecule has 168 valence electrons. The summed E-state index contributed by atoms with van der Waals surface area (Å²) < 4.78 is 35.5. The van der Waals surface area contributed by atoms with Crippen molar-refractivity contribution in [2.45, 2.75) is 55.1 Å². The van der Waals surface area contributed by atoms with Gasteiger partial charge in [-0.05, 0) is 50.8 Å². The number of nitrogens with zero attached hydrogens (tertiary/aromatic N) is 4. The third-order valence-corrected chi connectivity index (χ3v) is 8.15. The Balaban J connectivity index is 1.47. The second-order valence-electron chi connectivity index (χ2n) is 7.65. The van der Waals surface area contributed by atoms with E-state index in [1.165, 1.54) is 22.1 Å². The predicted molar refractivity (Wildman–Crippen MR) is 118 cm³/mol. The fourth-order valence-electron chi connectivity index (χ4n) is 3.57. The van der Waals surface area contributed by atoms with Crippen molar-refractivity contribution in [2.24, 2.45) is 0 Å². The summed E-state index contributed by atoms with van der Waals surface area (Å²) in [6.45, 7) is 3.17. The molecule has 9 nitrogen and oxygen atoms in total. The standard InChI is InChI=1S/C20H27N5O4S2/c1-2-29-17-9-6-15(12-18(17)31(27,28)24-10-4-3-5-11-24)22-19(26)13-30-20-23-21-14-25(20)16-7-8-16/h6,9,12,14,16H,2-5,7-8,10-11,13H2,1H3,(H,22,26). The number of carbonyl (C=O) groups is 1. The maximum atomic E-state index is 13.2. The van der Waals surface area contributed by atoms with Crippen LogP contribution in [0.1, 0.15) is 45.1 Å². The number of anilines is 1. The third kappa shape index (κ3) is 5.21. The minimum atomic E-state index is -3.70. The largest absolute Gasteiger partial charge is 0.492 e. The number of sulfonamides is 1. The molecule has 2 heterocycles. The van der Waals surface area contributed by atoms with Gasteiger partial charge in [-0.25, -0.2) is 8.42 Å². The van der Waals surface area contributed by atoms with Crippen LogP contribution in [0.5, 0.6) is 5.75 Å². The van der Waals surface area contributed by atoms with Crippen LogP contribution in [0.3, 0.4) is 0 Å². The van der Waals surface area contributed by atoms with Gasteiger partial charge in [0.15, 0.2) is 5.16 Å². The molecule has 1 aromatic carbocycles. The van der Waals surface area contributed by atoms with Gasteiger partial charge in [0.25, 0.3) is 0 Å². The van der Waals surface area contributed by atoms with E-state index in [-0.39, 0.29) is 16.6 Å². The Morgan fingerprint density at radius 1 is 1.26 bits per heavy atom. The molecule has 1 amide bonds. The van der Waals surface area contributed by atoms with Gasteiger partial charge in [0.05, 0.1) is 12.4 Å². The van der Waals surface area contributed by atoms with Gasteiger partial charge in [-0.15, -0.1) is 10.2 Å². The summed E-state index contributed by atoms with van der Waals surface area (Å²) in [6, 6.07) is 5.20. The topological polar surface area (TPSA) is 106 Å². The summed E-state index contributed by atoms with van der Waals surface area (Å²) in [6.07, 6.45) is 6.65. The van der Waals surface area contributed by atoms with E-state index in [1.807, 2.05) is 11.5 Å². The number of benzene rings is 1. The number of aromatic nitrogens is 3. The van der Waals surface area contributed by atoms with Crippen molar-refractivity contribution in [3.8, 4) is 5.75 Å². The second kappa shape index (κ2) is 9.58. The minimum absolute atomic E-state index is 0.0928. The van der Waals surface area contributed by atoms with E-state index in [4.69, 9.17) is 4.74 Å². The monoisotopic (exact) mass is 465 g/mol. The Hall–Kier alpha value is -2.11. The molecule has 2 aliphatic rings. The summed E-state index contributed by atoms with van der Waals surface area (Å²) in [4.78, 5) is 12.6. The Morgan fingerprint density at radius 3 is 2.74 bits per heavy atom. The maximum Gasteiger partial charge on any atom is 0.246 e. The lowest BCUT2D eigenvalue weighted by Crippen LogP contribution is -2.35. The van der Waals surface area contributed by atoms with Gasteiger partial charge in [-0.2, -0.15) is 4.31 Å². The lowest BCUT2D eigenvalue weighted by Gasteiger charge is -2.27. The van der Waals surface area contributed by atoms with Crippen molar-refractivity contribution in [1.29, 1.82) is 0 Å². The molecule has 0 bridgehead atoms. The average Bonchev–Trinajstić information content (AvgIpc) is 3.51. The number of hydrogen-bond acceptors (Lipinski definition) is 7. The van der Waals surface area contributed by atoms with Gasteiger partial charge in [0.1, 0.15) is 17.0 Å². The second-order valence-corrected chi connectivity index (χ2v) is 10.5. The van der Waals surface area contributed by atoms with Crippen molar-refractivity contribution in [1.82, 2.24) is 19.1 Å². The molecule has 0 spiro atoms. The summed E-state index contributed by atoms with van der Waals surface area (Å²) >= 11 is 1.32. The zero-order valence-electron chi connectivity index (χ0n) is 17.5. The Kier molecular flexibility index (Phi) is 6.83. The van der Waals surface area contributed by atoms with Crippen LogP contribution in [0.4, 0.5) is 5.69 Å². The van der Waals surface area contributed by atoms with E-state index in [2.05, 4.69) is 15.5 Å². The quantitative estimate of drug-likeness (QED) is 0.568. The molecule has 1 aliphatic heterocycles. The van der Waals surface area contributed by atoms with Crippen LogP contribution in [-0.2, 0) is 14.8 Å². The number of rotatable bonds is 9. The van der Waals surface area contributed by atoms with Crippen LogP contribution >= 0.6 is 11.8 Å². The van der Waals surface area contributed by atoms with E-state index in [1.54, 1.807) is 18.5 Å². The highest BCUT2D eigenvalue weighted by atomic mass is 32.2. The summed E-state index contributed by atoms with van der Waals surface area (Å²) in [5.41, 5.74) is 0.424. The van der Waals surface area contributed by atoms with Crippen LogP contribution in [-0.4, -0.2) is 58.8 Å². The molecule has 2 fully saturated rings. The van der Waals surface area contributed by atoms with Crippen molar-refractivity contribution in [3.05, 3.63) is 24.5 Å². The summed E-state index contributed by atoms with van der Waals surface area (Å²) in [7, 11) is -3.70. The SMILES string of the molecule is CCOc1ccc(NC(=O)CSc2nncn2C2CC2)cc1S(=O)(=O)N1CCCCC1. The first-order chi connectivity index (χ1) is 15.0. The fourth-order valence-corrected chi connectivity index (χ4v) is 6.03. The third-order valence-electron chi connectivity index (χ3n) is 5.27. The van der Waals surface area contributed by atoms with Crippen LogP contribution in [0.15, 0.2) is 34.6 Å². The molecule has 4 rings (SSSR count). The number of piperidine rings is 1. The van der Waals surface area contributed by atoms with Crippen LogP contribution in [0.25, 0.3) is 0 Å². The summed E-state index contributed by atoms with van der Waals surface area (Å²) in [5.74, 6) is 0.228. The number of thioether (sulfide) groups is 1. The first-order valence-corrected chi connectivity index (χ1v) is 13.0. The molecule has 1 aromatic heterocycles. The van der Waals surface area contributed by atoms with Crippen LogP contribution < -0.4 is 10.1 Å². The molecule has 1 N–H and O–H groups in total. The summed E-state index contributed by atoms with van der Waals surface area (Å²) in [5, 5.41) is 11.5. The number of carbonyl (C=O) groups excluding carboxylic acids is 1. The molecule has 31 heavy (non-hydrogen) atoms. The molecule has 1 aliphatic carbocycles. The predicted octanol–water partition coefficient (Wildman–Crippen LogP) is 2.92. The van der Waals surface area contributed by atoms with Gasteiger partial charge in [-0.3, -0.25) is 4.79 Å². The Labute approximate surface area is 186 Å². The van der Waals surface area contributed by atoms with E-state index >= 15 is 0 Å². The molecule has 1 saturated heterocycles. The van der Waals surface area contributed by atoms with Crippen molar-refractivity contribution >= 4 is 33.4 Å². The highest BCUT2D eigenvalue weighted by Crippen LogP contribution is 2.37. The van der Waals surface area contributed by atoms with Gasteiger partial charge in [0.2, 0.25) is 15.9 Å². The highest BCUT2D eigenvalue weighted by molar-refractivity contribution is 7.99. The Morgan fingerprint density at radius 2 is 2.03 bits per heavy atom. The lowest BCUT2D eigenvalue weighted by molar-refractivity contribution is -0.113. The lowest BCUT2D eigenvalue weighted by atomic mass is 10.2. The molecule has 1 saturated carbocycles. The van der Waals surface area contributed by atoms with E-state index in [0.717, 1.165) is 37.3 Å². The number of amides is 1. The minimum Gasteiger partial charge on any atom is -0.492 e.